The Kier molecular flexibility index (Phi) is 5.49. The Hall–Kier alpha value is -2.50. The monoisotopic (exact) mass is 389 g/mol. The number of aryl methyl sites for hydroxylation is 1. The summed E-state index contributed by atoms with van der Waals surface area (Å²) in [4.78, 5) is 12.6. The minimum Gasteiger partial charge on any atom is -0.497 e. The van der Waals surface area contributed by atoms with Gasteiger partial charge in [-0.05, 0) is 43.3 Å². The molecule has 2 aromatic carbocycles. The molecule has 0 atom stereocenters. The van der Waals surface area contributed by atoms with Crippen LogP contribution in [-0.2, 0) is 6.54 Å². The van der Waals surface area contributed by atoms with Gasteiger partial charge in [-0.1, -0.05) is 35.3 Å². The average Bonchev–Trinajstić information content (AvgIpc) is 3.09. The van der Waals surface area contributed by atoms with Crippen molar-refractivity contribution < 1.29 is 9.53 Å². The summed E-state index contributed by atoms with van der Waals surface area (Å²) in [6.07, 6.45) is 0. The second-order valence-electron chi connectivity index (χ2n) is 5.55. The predicted molar refractivity (Wildman–Crippen MR) is 104 cm³/mol. The molecule has 0 fully saturated rings. The lowest BCUT2D eigenvalue weighted by Crippen LogP contribution is -2.13. The number of carbonyl (C=O) groups excluding carboxylic acids is 1. The fourth-order valence-electron chi connectivity index (χ4n) is 2.55. The lowest BCUT2D eigenvalue weighted by Gasteiger charge is -2.06. The number of hydrogen-bond donors (Lipinski definition) is 1. The molecule has 3 aromatic rings. The molecule has 1 amide bonds. The fourth-order valence-corrected chi connectivity index (χ4v) is 2.85. The lowest BCUT2D eigenvalue weighted by atomic mass is 10.1. The van der Waals surface area contributed by atoms with E-state index < -0.39 is 0 Å². The second kappa shape index (κ2) is 7.81. The number of aromatic nitrogens is 2. The summed E-state index contributed by atoms with van der Waals surface area (Å²) in [5.74, 6) is 0.424. The summed E-state index contributed by atoms with van der Waals surface area (Å²) in [7, 11) is 1.62. The summed E-state index contributed by atoms with van der Waals surface area (Å²) >= 11 is 11.9. The van der Waals surface area contributed by atoms with Gasteiger partial charge in [-0.3, -0.25) is 9.48 Å². The molecule has 7 heteroatoms. The Balaban J connectivity index is 1.89. The van der Waals surface area contributed by atoms with E-state index in [2.05, 4.69) is 10.4 Å². The molecule has 1 aromatic heterocycles. The minimum atomic E-state index is -0.320. The molecular weight excluding hydrogens is 373 g/mol. The number of benzene rings is 2. The molecule has 5 nitrogen and oxygen atoms in total. The molecule has 0 bridgehead atoms. The molecule has 0 aliphatic heterocycles. The number of hydrogen-bond acceptors (Lipinski definition) is 3. The Labute approximate surface area is 161 Å². The van der Waals surface area contributed by atoms with Crippen molar-refractivity contribution in [3.63, 3.8) is 0 Å². The molecule has 134 valence electrons. The van der Waals surface area contributed by atoms with Crippen molar-refractivity contribution in [2.24, 2.45) is 0 Å². The molecule has 0 unspecified atom stereocenters. The largest absolute Gasteiger partial charge is 0.497 e. The molecule has 0 spiro atoms. The van der Waals surface area contributed by atoms with Crippen LogP contribution >= 0.6 is 23.2 Å². The van der Waals surface area contributed by atoms with Gasteiger partial charge < -0.3 is 10.1 Å². The van der Waals surface area contributed by atoms with Crippen molar-refractivity contribution in [1.82, 2.24) is 9.78 Å². The highest BCUT2D eigenvalue weighted by Crippen LogP contribution is 2.27. The van der Waals surface area contributed by atoms with Crippen molar-refractivity contribution in [2.45, 2.75) is 13.5 Å². The average molecular weight is 390 g/mol. The smallest absolute Gasteiger partial charge is 0.276 e. The summed E-state index contributed by atoms with van der Waals surface area (Å²) < 4.78 is 7.05. The van der Waals surface area contributed by atoms with Crippen molar-refractivity contribution in [2.75, 3.05) is 12.4 Å². The van der Waals surface area contributed by atoms with Crippen molar-refractivity contribution in [3.8, 4) is 17.0 Å². The normalized spacial score (nSPS) is 10.6. The Morgan fingerprint density at radius 3 is 2.65 bits per heavy atom. The number of nitrogens with one attached hydrogen (secondary N) is 1. The van der Waals surface area contributed by atoms with Gasteiger partial charge in [0.1, 0.15) is 5.75 Å². The van der Waals surface area contributed by atoms with Crippen LogP contribution in [0, 0.1) is 0 Å². The van der Waals surface area contributed by atoms with Gasteiger partial charge in [0.05, 0.1) is 22.8 Å². The van der Waals surface area contributed by atoms with E-state index in [9.17, 15) is 4.79 Å². The molecule has 0 aliphatic rings. The number of methoxy groups -OCH3 is 1. The Bertz CT molecular complexity index is 954. The van der Waals surface area contributed by atoms with E-state index in [0.717, 1.165) is 17.0 Å². The second-order valence-corrected chi connectivity index (χ2v) is 6.36. The molecule has 0 saturated carbocycles. The lowest BCUT2D eigenvalue weighted by molar-refractivity contribution is 0.102. The third kappa shape index (κ3) is 3.84. The number of anilines is 1. The van der Waals surface area contributed by atoms with E-state index in [-0.39, 0.29) is 5.91 Å². The zero-order chi connectivity index (χ0) is 18.7. The standard InChI is InChI=1S/C19H17Cl2N3O2/c1-3-24-18(12-5-4-6-14(9-12)26-2)11-17(23-24)19(25)22-13-7-8-15(20)16(21)10-13/h4-11H,3H2,1-2H3,(H,22,25). The van der Waals surface area contributed by atoms with Gasteiger partial charge in [-0.2, -0.15) is 5.10 Å². The predicted octanol–water partition coefficient (Wildman–Crippen LogP) is 5.14. The van der Waals surface area contributed by atoms with E-state index in [0.29, 0.717) is 28.0 Å². The van der Waals surface area contributed by atoms with Crippen LogP contribution in [0.4, 0.5) is 5.69 Å². The summed E-state index contributed by atoms with van der Waals surface area (Å²) in [5, 5.41) is 7.99. The maximum Gasteiger partial charge on any atom is 0.276 e. The number of rotatable bonds is 5. The minimum absolute atomic E-state index is 0.316. The van der Waals surface area contributed by atoms with Gasteiger partial charge in [0.2, 0.25) is 0 Å². The van der Waals surface area contributed by atoms with Gasteiger partial charge in [0, 0.05) is 17.8 Å². The van der Waals surface area contributed by atoms with Crippen LogP contribution in [0.1, 0.15) is 17.4 Å². The molecule has 0 saturated heterocycles. The topological polar surface area (TPSA) is 56.2 Å². The zero-order valence-electron chi connectivity index (χ0n) is 14.3. The molecule has 0 aliphatic carbocycles. The maximum atomic E-state index is 12.6. The Morgan fingerprint density at radius 2 is 1.96 bits per heavy atom. The van der Waals surface area contributed by atoms with Gasteiger partial charge in [-0.15, -0.1) is 0 Å². The molecule has 26 heavy (non-hydrogen) atoms. The van der Waals surface area contributed by atoms with Crippen LogP contribution in [0.15, 0.2) is 48.5 Å². The number of halogens is 2. The van der Waals surface area contributed by atoms with E-state index >= 15 is 0 Å². The van der Waals surface area contributed by atoms with Crippen LogP contribution in [0.3, 0.4) is 0 Å². The first-order chi connectivity index (χ1) is 12.5. The highest BCUT2D eigenvalue weighted by Gasteiger charge is 2.16. The van der Waals surface area contributed by atoms with E-state index in [1.165, 1.54) is 0 Å². The summed E-state index contributed by atoms with van der Waals surface area (Å²) in [6.45, 7) is 2.60. The van der Waals surface area contributed by atoms with Crippen molar-refractivity contribution in [1.29, 1.82) is 0 Å². The molecule has 1 N–H and O–H groups in total. The zero-order valence-corrected chi connectivity index (χ0v) is 15.8. The number of amides is 1. The third-order valence-electron chi connectivity index (χ3n) is 3.86. The van der Waals surface area contributed by atoms with E-state index in [1.807, 2.05) is 31.2 Å². The number of carbonyl (C=O) groups is 1. The maximum absolute atomic E-state index is 12.6. The van der Waals surface area contributed by atoms with Crippen molar-refractivity contribution in [3.05, 3.63) is 64.3 Å². The fraction of sp³-hybridized carbons (Fsp3) is 0.158. The first-order valence-electron chi connectivity index (χ1n) is 8.00. The van der Waals surface area contributed by atoms with Gasteiger partial charge in [-0.25, -0.2) is 0 Å². The SMILES string of the molecule is CCn1nc(C(=O)Nc2ccc(Cl)c(Cl)c2)cc1-c1cccc(OC)c1. The van der Waals surface area contributed by atoms with Gasteiger partial charge in [0.25, 0.3) is 5.91 Å². The third-order valence-corrected chi connectivity index (χ3v) is 4.59. The quantitative estimate of drug-likeness (QED) is 0.657. The summed E-state index contributed by atoms with van der Waals surface area (Å²) in [5.41, 5.74) is 2.63. The Morgan fingerprint density at radius 1 is 1.15 bits per heavy atom. The first kappa shape index (κ1) is 18.3. The van der Waals surface area contributed by atoms with E-state index in [1.54, 1.807) is 36.1 Å². The van der Waals surface area contributed by atoms with Crippen LogP contribution in [0.5, 0.6) is 5.75 Å². The van der Waals surface area contributed by atoms with E-state index in [4.69, 9.17) is 27.9 Å². The molecule has 0 radical (unpaired) electrons. The van der Waals surface area contributed by atoms with Crippen molar-refractivity contribution >= 4 is 34.8 Å². The summed E-state index contributed by atoms with van der Waals surface area (Å²) in [6, 6.07) is 14.3. The van der Waals surface area contributed by atoms with Gasteiger partial charge >= 0.3 is 0 Å². The highest BCUT2D eigenvalue weighted by atomic mass is 35.5. The number of ether oxygens (including phenoxy) is 1. The number of nitrogens with zero attached hydrogens (tertiary/aromatic N) is 2. The molecule has 1 heterocycles. The first-order valence-corrected chi connectivity index (χ1v) is 8.76. The van der Waals surface area contributed by atoms with Crippen LogP contribution in [0.2, 0.25) is 10.0 Å². The highest BCUT2D eigenvalue weighted by molar-refractivity contribution is 6.42. The van der Waals surface area contributed by atoms with Crippen LogP contribution < -0.4 is 10.1 Å². The molecule has 3 rings (SSSR count). The van der Waals surface area contributed by atoms with Crippen LogP contribution in [0.25, 0.3) is 11.3 Å². The van der Waals surface area contributed by atoms with Gasteiger partial charge in [0.15, 0.2) is 5.69 Å². The van der Waals surface area contributed by atoms with Crippen LogP contribution in [-0.4, -0.2) is 22.8 Å². The molecular formula is C19H17Cl2N3O2.